The molecule has 0 aromatic carbocycles. The second-order valence-electron chi connectivity index (χ2n) is 6.43. The molecule has 20 heavy (non-hydrogen) atoms. The molecule has 2 saturated carbocycles. The van der Waals surface area contributed by atoms with Gasteiger partial charge in [0.2, 0.25) is 5.91 Å². The van der Waals surface area contributed by atoms with Crippen molar-refractivity contribution in [2.45, 2.75) is 77.2 Å². The van der Waals surface area contributed by atoms with Crippen LogP contribution in [0.25, 0.3) is 0 Å². The Balaban J connectivity index is 0.00000200. The third kappa shape index (κ3) is 5.25. The van der Waals surface area contributed by atoms with E-state index in [9.17, 15) is 4.79 Å². The van der Waals surface area contributed by atoms with Crippen LogP contribution in [0.3, 0.4) is 0 Å². The highest BCUT2D eigenvalue weighted by atomic mass is 35.5. The molecule has 0 radical (unpaired) electrons. The van der Waals surface area contributed by atoms with E-state index >= 15 is 0 Å². The molecule has 0 heterocycles. The van der Waals surface area contributed by atoms with Gasteiger partial charge in [0.15, 0.2) is 0 Å². The lowest BCUT2D eigenvalue weighted by molar-refractivity contribution is -0.126. The van der Waals surface area contributed by atoms with Crippen molar-refractivity contribution in [1.82, 2.24) is 10.6 Å². The van der Waals surface area contributed by atoms with Crippen LogP contribution in [0.4, 0.5) is 0 Å². The molecule has 2 aliphatic carbocycles. The predicted molar refractivity (Wildman–Crippen MR) is 86.3 cm³/mol. The van der Waals surface area contributed by atoms with E-state index in [0.29, 0.717) is 11.9 Å². The minimum Gasteiger partial charge on any atom is -0.354 e. The third-order valence-corrected chi connectivity index (χ3v) is 4.76. The van der Waals surface area contributed by atoms with E-state index in [1.54, 1.807) is 0 Å². The highest BCUT2D eigenvalue weighted by molar-refractivity contribution is 5.85. The first-order chi connectivity index (χ1) is 9.27. The molecule has 3 nitrogen and oxygen atoms in total. The van der Waals surface area contributed by atoms with Gasteiger partial charge in [-0.1, -0.05) is 39.0 Å². The maximum atomic E-state index is 12.1. The molecule has 2 rings (SSSR count). The first kappa shape index (κ1) is 17.8. The highest BCUT2D eigenvalue weighted by Crippen LogP contribution is 2.49. The summed E-state index contributed by atoms with van der Waals surface area (Å²) in [5, 5.41) is 6.73. The Labute approximate surface area is 130 Å². The van der Waals surface area contributed by atoms with Gasteiger partial charge >= 0.3 is 0 Å². The zero-order chi connectivity index (χ0) is 13.6. The molecule has 0 spiro atoms. The van der Waals surface area contributed by atoms with Crippen LogP contribution in [0.1, 0.15) is 71.1 Å². The monoisotopic (exact) mass is 302 g/mol. The van der Waals surface area contributed by atoms with Crippen LogP contribution in [0, 0.1) is 5.41 Å². The molecule has 118 valence electrons. The molecule has 1 amide bonds. The van der Waals surface area contributed by atoms with Gasteiger partial charge in [-0.2, -0.15) is 0 Å². The van der Waals surface area contributed by atoms with E-state index in [-0.39, 0.29) is 17.8 Å². The number of hydrogen-bond donors (Lipinski definition) is 2. The summed E-state index contributed by atoms with van der Waals surface area (Å²) in [5.41, 5.74) is 0.0249. The van der Waals surface area contributed by atoms with E-state index in [1.165, 1.54) is 38.5 Å². The Morgan fingerprint density at radius 1 is 1.10 bits per heavy atom. The van der Waals surface area contributed by atoms with Gasteiger partial charge in [0, 0.05) is 24.5 Å². The molecule has 2 fully saturated rings. The summed E-state index contributed by atoms with van der Waals surface area (Å²) in [6.45, 7) is 3.89. The zero-order valence-corrected chi connectivity index (χ0v) is 13.7. The molecule has 0 saturated heterocycles. The first-order valence-electron chi connectivity index (χ1n) is 8.28. The fourth-order valence-corrected chi connectivity index (χ4v) is 3.34. The summed E-state index contributed by atoms with van der Waals surface area (Å²) in [4.78, 5) is 12.1. The fraction of sp³-hybridized carbons (Fsp3) is 0.938. The van der Waals surface area contributed by atoms with Crippen LogP contribution in [-0.4, -0.2) is 25.0 Å². The topological polar surface area (TPSA) is 41.1 Å². The van der Waals surface area contributed by atoms with Gasteiger partial charge in [-0.3, -0.25) is 4.79 Å². The maximum Gasteiger partial charge on any atom is 0.226 e. The van der Waals surface area contributed by atoms with Crippen molar-refractivity contribution < 1.29 is 4.79 Å². The minimum absolute atomic E-state index is 0. The number of rotatable bonds is 7. The van der Waals surface area contributed by atoms with Crippen LogP contribution in [0.2, 0.25) is 0 Å². The Hall–Kier alpha value is -0.280. The number of carbonyl (C=O) groups is 1. The Morgan fingerprint density at radius 3 is 2.30 bits per heavy atom. The molecular weight excluding hydrogens is 272 g/mol. The second-order valence-corrected chi connectivity index (χ2v) is 6.43. The average molecular weight is 303 g/mol. The van der Waals surface area contributed by atoms with Crippen LogP contribution in [0.5, 0.6) is 0 Å². The minimum atomic E-state index is 0. The number of hydrogen-bond acceptors (Lipinski definition) is 2. The van der Waals surface area contributed by atoms with Crippen molar-refractivity contribution in [2.24, 2.45) is 5.41 Å². The summed E-state index contributed by atoms with van der Waals surface area (Å²) < 4.78 is 0. The van der Waals surface area contributed by atoms with E-state index in [1.807, 2.05) is 0 Å². The van der Waals surface area contributed by atoms with Crippen molar-refractivity contribution in [3.8, 4) is 0 Å². The summed E-state index contributed by atoms with van der Waals surface area (Å²) in [5.74, 6) is 0.303. The zero-order valence-electron chi connectivity index (χ0n) is 12.9. The standard InChI is InChI=1S/C16H30N2O.ClH/c1-2-9-16(10-11-16)15(19)18-13-12-17-14-7-5-3-4-6-8-14;/h14,17H,2-13H2,1H3,(H,18,19);1H. The van der Waals surface area contributed by atoms with Crippen molar-refractivity contribution in [3.63, 3.8) is 0 Å². The molecule has 0 aliphatic heterocycles. The second kappa shape index (κ2) is 8.89. The highest BCUT2D eigenvalue weighted by Gasteiger charge is 2.48. The maximum absolute atomic E-state index is 12.1. The number of nitrogens with one attached hydrogen (secondary N) is 2. The Bertz CT molecular complexity index is 284. The molecule has 0 aromatic heterocycles. The van der Waals surface area contributed by atoms with Gasteiger partial charge < -0.3 is 10.6 Å². The summed E-state index contributed by atoms with van der Waals surface area (Å²) in [6.07, 6.45) is 12.5. The van der Waals surface area contributed by atoms with Crippen molar-refractivity contribution in [2.75, 3.05) is 13.1 Å². The van der Waals surface area contributed by atoms with Gasteiger partial charge in [0.1, 0.15) is 0 Å². The van der Waals surface area contributed by atoms with Crippen LogP contribution < -0.4 is 10.6 Å². The van der Waals surface area contributed by atoms with E-state index in [4.69, 9.17) is 0 Å². The molecule has 0 unspecified atom stereocenters. The fourth-order valence-electron chi connectivity index (χ4n) is 3.34. The van der Waals surface area contributed by atoms with Gasteiger partial charge in [-0.05, 0) is 32.1 Å². The quantitative estimate of drug-likeness (QED) is 0.559. The third-order valence-electron chi connectivity index (χ3n) is 4.76. The van der Waals surface area contributed by atoms with Crippen LogP contribution in [0.15, 0.2) is 0 Å². The smallest absolute Gasteiger partial charge is 0.226 e. The largest absolute Gasteiger partial charge is 0.354 e. The van der Waals surface area contributed by atoms with Gasteiger partial charge in [0.05, 0.1) is 0 Å². The SMILES string of the molecule is CCCC1(C(=O)NCCNC2CCCCCC2)CC1.Cl. The Morgan fingerprint density at radius 2 is 1.75 bits per heavy atom. The number of halogens is 1. The number of amides is 1. The van der Waals surface area contributed by atoms with Crippen molar-refractivity contribution in [1.29, 1.82) is 0 Å². The lowest BCUT2D eigenvalue weighted by atomic mass is 10.00. The molecule has 0 aromatic rings. The molecule has 2 N–H and O–H groups in total. The molecule has 4 heteroatoms. The molecule has 2 aliphatic rings. The van der Waals surface area contributed by atoms with Crippen LogP contribution >= 0.6 is 12.4 Å². The van der Waals surface area contributed by atoms with Gasteiger partial charge in [0.25, 0.3) is 0 Å². The normalized spacial score (nSPS) is 21.6. The number of carbonyl (C=O) groups excluding carboxylic acids is 1. The van der Waals surface area contributed by atoms with E-state index in [2.05, 4.69) is 17.6 Å². The summed E-state index contributed by atoms with van der Waals surface area (Å²) >= 11 is 0. The summed E-state index contributed by atoms with van der Waals surface area (Å²) in [6, 6.07) is 0.685. The van der Waals surface area contributed by atoms with Gasteiger partial charge in [-0.25, -0.2) is 0 Å². The lowest BCUT2D eigenvalue weighted by Crippen LogP contribution is -2.39. The summed E-state index contributed by atoms with van der Waals surface area (Å²) in [7, 11) is 0. The predicted octanol–water partition coefficient (Wildman–Crippen LogP) is 3.42. The van der Waals surface area contributed by atoms with E-state index in [0.717, 1.165) is 38.8 Å². The molecule has 0 bridgehead atoms. The van der Waals surface area contributed by atoms with E-state index < -0.39 is 0 Å². The Kier molecular flexibility index (Phi) is 7.90. The lowest BCUT2D eigenvalue weighted by Gasteiger charge is -2.18. The molecule has 0 atom stereocenters. The van der Waals surface area contributed by atoms with Crippen molar-refractivity contribution >= 4 is 18.3 Å². The van der Waals surface area contributed by atoms with Gasteiger partial charge in [-0.15, -0.1) is 12.4 Å². The van der Waals surface area contributed by atoms with Crippen LogP contribution in [-0.2, 0) is 4.79 Å². The average Bonchev–Trinajstić information content (AvgIpc) is 3.20. The van der Waals surface area contributed by atoms with Crippen molar-refractivity contribution in [3.05, 3.63) is 0 Å². The first-order valence-corrected chi connectivity index (χ1v) is 8.28. The molecular formula is C16H31ClN2O.